The van der Waals surface area contributed by atoms with Crippen LogP contribution in [-0.2, 0) is 0 Å². The Labute approximate surface area is 123 Å². The third-order valence-electron chi connectivity index (χ3n) is 4.15. The predicted molar refractivity (Wildman–Crippen MR) is 78.2 cm³/mol. The van der Waals surface area contributed by atoms with Gasteiger partial charge in [-0.3, -0.25) is 10.1 Å². The maximum Gasteiger partial charge on any atom is 0.272 e. The molecule has 1 aromatic carbocycles. The Hall–Kier alpha value is -2.13. The largest absolute Gasteiger partial charge is 0.490 e. The molecule has 1 saturated carbocycles. The number of nitrogens with zero attached hydrogens (tertiary/aromatic N) is 2. The van der Waals surface area contributed by atoms with Crippen molar-refractivity contribution in [3.63, 3.8) is 0 Å². The fourth-order valence-corrected chi connectivity index (χ4v) is 2.76. The smallest absolute Gasteiger partial charge is 0.272 e. The van der Waals surface area contributed by atoms with Gasteiger partial charge in [0.1, 0.15) is 17.4 Å². The van der Waals surface area contributed by atoms with Gasteiger partial charge in [-0.1, -0.05) is 0 Å². The molecule has 1 aliphatic rings. The third-order valence-corrected chi connectivity index (χ3v) is 4.15. The van der Waals surface area contributed by atoms with Crippen molar-refractivity contribution in [2.75, 3.05) is 7.05 Å². The molecule has 0 aromatic heterocycles. The highest BCUT2D eigenvalue weighted by atomic mass is 16.6. The van der Waals surface area contributed by atoms with Crippen molar-refractivity contribution in [2.45, 2.75) is 44.8 Å². The number of nitriles is 1. The zero-order valence-corrected chi connectivity index (χ0v) is 12.5. The number of hydrogen-bond donors (Lipinski definition) is 1. The summed E-state index contributed by atoms with van der Waals surface area (Å²) in [6.45, 7) is 3.50. The average molecular weight is 289 g/mol. The molecule has 0 saturated heterocycles. The van der Waals surface area contributed by atoms with E-state index in [9.17, 15) is 15.4 Å². The maximum absolute atomic E-state index is 10.9. The number of benzene rings is 1. The molecule has 21 heavy (non-hydrogen) atoms. The molecular formula is C15H19N3O3. The van der Waals surface area contributed by atoms with Gasteiger partial charge in [-0.05, 0) is 45.4 Å². The maximum atomic E-state index is 10.9. The normalized spacial score (nSPS) is 24.6. The third kappa shape index (κ3) is 2.98. The van der Waals surface area contributed by atoms with Gasteiger partial charge in [-0.25, -0.2) is 0 Å². The van der Waals surface area contributed by atoms with Crippen LogP contribution in [0.5, 0.6) is 5.75 Å². The van der Waals surface area contributed by atoms with E-state index in [1.165, 1.54) is 6.07 Å². The molecule has 1 N–H and O–H groups in total. The lowest BCUT2D eigenvalue weighted by molar-refractivity contribution is -0.385. The van der Waals surface area contributed by atoms with Crippen molar-refractivity contribution < 1.29 is 9.66 Å². The van der Waals surface area contributed by atoms with Gasteiger partial charge in [0.05, 0.1) is 11.0 Å². The van der Waals surface area contributed by atoms with Crippen molar-refractivity contribution in [3.8, 4) is 11.8 Å². The van der Waals surface area contributed by atoms with Crippen LogP contribution < -0.4 is 10.1 Å². The van der Waals surface area contributed by atoms with Gasteiger partial charge < -0.3 is 10.1 Å². The quantitative estimate of drug-likeness (QED) is 0.680. The van der Waals surface area contributed by atoms with E-state index >= 15 is 0 Å². The van der Waals surface area contributed by atoms with Crippen LogP contribution in [0.3, 0.4) is 0 Å². The monoisotopic (exact) mass is 289 g/mol. The lowest BCUT2D eigenvalue weighted by atomic mass is 10.0. The summed E-state index contributed by atoms with van der Waals surface area (Å²) in [6.07, 6.45) is 2.12. The fourth-order valence-electron chi connectivity index (χ4n) is 2.76. The van der Waals surface area contributed by atoms with Gasteiger partial charge in [0.2, 0.25) is 0 Å². The molecule has 1 fully saturated rings. The van der Waals surface area contributed by atoms with Gasteiger partial charge in [0.25, 0.3) is 5.69 Å². The SMILES string of the molecule is CNC1(C#N)CCC(Oc2cc(C)c([N+](=O)[O-])cc2C)C1. The summed E-state index contributed by atoms with van der Waals surface area (Å²) in [5.74, 6) is 0.660. The van der Waals surface area contributed by atoms with Gasteiger partial charge in [-0.2, -0.15) is 5.26 Å². The summed E-state index contributed by atoms with van der Waals surface area (Å²) >= 11 is 0. The Morgan fingerprint density at radius 1 is 1.48 bits per heavy atom. The fraction of sp³-hybridized carbons (Fsp3) is 0.533. The van der Waals surface area contributed by atoms with Crippen LogP contribution in [0.1, 0.15) is 30.4 Å². The van der Waals surface area contributed by atoms with E-state index in [-0.39, 0.29) is 16.7 Å². The molecule has 0 spiro atoms. The molecule has 0 aliphatic heterocycles. The van der Waals surface area contributed by atoms with Crippen molar-refractivity contribution in [1.82, 2.24) is 5.32 Å². The minimum atomic E-state index is -0.519. The highest BCUT2D eigenvalue weighted by Gasteiger charge is 2.39. The van der Waals surface area contributed by atoms with Gasteiger partial charge in [0, 0.05) is 18.1 Å². The van der Waals surface area contributed by atoms with E-state index in [2.05, 4.69) is 11.4 Å². The topological polar surface area (TPSA) is 88.2 Å². The van der Waals surface area contributed by atoms with Crippen molar-refractivity contribution in [1.29, 1.82) is 5.26 Å². The summed E-state index contributed by atoms with van der Waals surface area (Å²) in [7, 11) is 1.78. The highest BCUT2D eigenvalue weighted by Crippen LogP contribution is 2.34. The van der Waals surface area contributed by atoms with Gasteiger partial charge in [0.15, 0.2) is 0 Å². The second kappa shape index (κ2) is 5.70. The average Bonchev–Trinajstić information content (AvgIpc) is 2.86. The molecule has 0 amide bonds. The summed E-state index contributed by atoms with van der Waals surface area (Å²) < 4.78 is 5.97. The number of ether oxygens (including phenoxy) is 1. The molecule has 2 unspecified atom stereocenters. The van der Waals surface area contributed by atoms with E-state index in [0.717, 1.165) is 18.4 Å². The van der Waals surface area contributed by atoms with Crippen LogP contribution in [-0.4, -0.2) is 23.6 Å². The summed E-state index contributed by atoms with van der Waals surface area (Å²) in [5.41, 5.74) is 0.909. The Kier molecular flexibility index (Phi) is 4.14. The molecule has 1 aromatic rings. The van der Waals surface area contributed by atoms with E-state index in [0.29, 0.717) is 17.7 Å². The highest BCUT2D eigenvalue weighted by molar-refractivity contribution is 5.49. The first kappa shape index (κ1) is 15.3. The first-order valence-electron chi connectivity index (χ1n) is 6.93. The van der Waals surface area contributed by atoms with Crippen LogP contribution in [0.15, 0.2) is 12.1 Å². The summed E-state index contributed by atoms with van der Waals surface area (Å²) in [6, 6.07) is 5.56. The van der Waals surface area contributed by atoms with E-state index in [1.54, 1.807) is 27.0 Å². The molecule has 0 heterocycles. The van der Waals surface area contributed by atoms with Crippen LogP contribution in [0.25, 0.3) is 0 Å². The molecule has 2 rings (SSSR count). The van der Waals surface area contributed by atoms with Crippen LogP contribution in [0.2, 0.25) is 0 Å². The lowest BCUT2D eigenvalue weighted by Crippen LogP contribution is -2.39. The molecule has 112 valence electrons. The summed E-state index contributed by atoms with van der Waals surface area (Å²) in [5, 5.41) is 23.2. The molecule has 6 heteroatoms. The number of hydrogen-bond acceptors (Lipinski definition) is 5. The second-order valence-electron chi connectivity index (χ2n) is 5.59. The molecule has 1 aliphatic carbocycles. The molecule has 0 radical (unpaired) electrons. The number of nitro groups is 1. The Bertz CT molecular complexity index is 609. The molecule has 6 nitrogen and oxygen atoms in total. The Balaban J connectivity index is 2.17. The zero-order valence-electron chi connectivity index (χ0n) is 12.5. The van der Waals surface area contributed by atoms with E-state index < -0.39 is 5.54 Å². The molecule has 2 atom stereocenters. The van der Waals surface area contributed by atoms with Crippen LogP contribution in [0.4, 0.5) is 5.69 Å². The Morgan fingerprint density at radius 2 is 2.19 bits per heavy atom. The van der Waals surface area contributed by atoms with Crippen molar-refractivity contribution in [3.05, 3.63) is 33.4 Å². The number of rotatable bonds is 4. The molecular weight excluding hydrogens is 270 g/mol. The zero-order chi connectivity index (χ0) is 15.6. The lowest BCUT2D eigenvalue weighted by Gasteiger charge is -2.20. The standard InChI is InChI=1S/C15H19N3O3/c1-10-7-14(11(2)6-13(10)18(19)20)21-12-4-5-15(8-12,9-16)17-3/h6-7,12,17H,4-5,8H2,1-3H3. The van der Waals surface area contributed by atoms with E-state index in [4.69, 9.17) is 4.74 Å². The first-order chi connectivity index (χ1) is 9.90. The van der Waals surface area contributed by atoms with Crippen molar-refractivity contribution >= 4 is 5.69 Å². The predicted octanol–water partition coefficient (Wildman–Crippen LogP) is 2.62. The minimum absolute atomic E-state index is 0.0448. The Morgan fingerprint density at radius 3 is 2.71 bits per heavy atom. The summed E-state index contributed by atoms with van der Waals surface area (Å²) in [4.78, 5) is 10.5. The minimum Gasteiger partial charge on any atom is -0.490 e. The van der Waals surface area contributed by atoms with E-state index in [1.807, 2.05) is 0 Å². The molecule has 0 bridgehead atoms. The number of nitro benzene ring substituents is 1. The number of nitrogens with one attached hydrogen (secondary N) is 1. The number of aryl methyl sites for hydroxylation is 2. The first-order valence-corrected chi connectivity index (χ1v) is 6.93. The van der Waals surface area contributed by atoms with Crippen molar-refractivity contribution in [2.24, 2.45) is 0 Å². The van der Waals surface area contributed by atoms with Gasteiger partial charge >= 0.3 is 0 Å². The second-order valence-corrected chi connectivity index (χ2v) is 5.59. The van der Waals surface area contributed by atoms with Crippen LogP contribution in [0, 0.1) is 35.3 Å². The van der Waals surface area contributed by atoms with Gasteiger partial charge in [-0.15, -0.1) is 0 Å². The van der Waals surface area contributed by atoms with Crippen LogP contribution >= 0.6 is 0 Å².